The summed E-state index contributed by atoms with van der Waals surface area (Å²) >= 11 is 0. The third kappa shape index (κ3) is 3.12. The van der Waals surface area contributed by atoms with Crippen LogP contribution in [0.25, 0.3) is 0 Å². The third-order valence-corrected chi connectivity index (χ3v) is 4.73. The van der Waals surface area contributed by atoms with Gasteiger partial charge in [0.05, 0.1) is 6.10 Å². The van der Waals surface area contributed by atoms with Crippen molar-refractivity contribution < 1.29 is 5.11 Å². The van der Waals surface area contributed by atoms with Gasteiger partial charge in [0.25, 0.3) is 0 Å². The average Bonchev–Trinajstić information content (AvgIpc) is 2.60. The fourth-order valence-electron chi connectivity index (χ4n) is 3.80. The SMILES string of the molecule is Cl.Cl.NCC12CCC(CC(O)C1)N2Cc1ccccc1. The summed E-state index contributed by atoms with van der Waals surface area (Å²) in [6.45, 7) is 1.63. The maximum atomic E-state index is 9.99. The van der Waals surface area contributed by atoms with Crippen LogP contribution in [0.5, 0.6) is 0 Å². The molecule has 5 heteroatoms. The summed E-state index contributed by atoms with van der Waals surface area (Å²) in [7, 11) is 0. The Morgan fingerprint density at radius 2 is 1.95 bits per heavy atom. The molecule has 3 unspecified atom stereocenters. The van der Waals surface area contributed by atoms with E-state index in [1.54, 1.807) is 0 Å². The van der Waals surface area contributed by atoms with E-state index in [0.29, 0.717) is 12.6 Å². The van der Waals surface area contributed by atoms with Crippen LogP contribution in [0.4, 0.5) is 0 Å². The third-order valence-electron chi connectivity index (χ3n) is 4.73. The van der Waals surface area contributed by atoms with Crippen LogP contribution in [0.15, 0.2) is 30.3 Å². The van der Waals surface area contributed by atoms with Gasteiger partial charge in [0, 0.05) is 24.7 Å². The van der Waals surface area contributed by atoms with Gasteiger partial charge in [-0.3, -0.25) is 4.90 Å². The molecule has 2 bridgehead atoms. The van der Waals surface area contributed by atoms with Crippen LogP contribution in [0.3, 0.4) is 0 Å². The van der Waals surface area contributed by atoms with E-state index in [9.17, 15) is 5.11 Å². The van der Waals surface area contributed by atoms with Crippen molar-refractivity contribution in [1.29, 1.82) is 0 Å². The van der Waals surface area contributed by atoms with Crippen LogP contribution in [-0.4, -0.2) is 34.2 Å². The molecule has 0 saturated carbocycles. The van der Waals surface area contributed by atoms with Crippen LogP contribution in [0, 0.1) is 0 Å². The molecule has 3 N–H and O–H groups in total. The topological polar surface area (TPSA) is 49.5 Å². The van der Waals surface area contributed by atoms with Crippen LogP contribution < -0.4 is 5.73 Å². The first-order valence-electron chi connectivity index (χ1n) is 6.92. The van der Waals surface area contributed by atoms with Crippen LogP contribution in [0.2, 0.25) is 0 Å². The molecule has 114 valence electrons. The molecule has 0 amide bonds. The molecule has 20 heavy (non-hydrogen) atoms. The normalized spacial score (nSPS) is 32.3. The van der Waals surface area contributed by atoms with E-state index >= 15 is 0 Å². The number of benzene rings is 1. The number of nitrogens with zero attached hydrogens (tertiary/aromatic N) is 1. The number of piperidine rings is 1. The number of aliphatic hydroxyl groups is 1. The van der Waals surface area contributed by atoms with Crippen molar-refractivity contribution >= 4 is 24.8 Å². The molecule has 1 aromatic rings. The van der Waals surface area contributed by atoms with E-state index in [1.807, 2.05) is 0 Å². The Hall–Kier alpha value is -0.320. The van der Waals surface area contributed by atoms with Crippen molar-refractivity contribution in [1.82, 2.24) is 4.90 Å². The maximum absolute atomic E-state index is 9.99. The lowest BCUT2D eigenvalue weighted by Crippen LogP contribution is -2.57. The number of halogens is 2. The quantitative estimate of drug-likeness (QED) is 0.899. The molecule has 0 aromatic heterocycles. The number of nitrogens with two attached hydrogens (primary N) is 1. The molecule has 3 atom stereocenters. The molecule has 2 fully saturated rings. The second kappa shape index (κ2) is 7.10. The first-order chi connectivity index (χ1) is 8.73. The monoisotopic (exact) mass is 318 g/mol. The summed E-state index contributed by atoms with van der Waals surface area (Å²) < 4.78 is 0. The van der Waals surface area contributed by atoms with Crippen molar-refractivity contribution in [2.75, 3.05) is 6.54 Å². The van der Waals surface area contributed by atoms with Gasteiger partial charge in [-0.1, -0.05) is 30.3 Å². The van der Waals surface area contributed by atoms with E-state index in [1.165, 1.54) is 12.0 Å². The molecule has 1 aromatic carbocycles. The van der Waals surface area contributed by atoms with Gasteiger partial charge < -0.3 is 10.8 Å². The molecule has 2 heterocycles. The highest BCUT2D eigenvalue weighted by Crippen LogP contribution is 2.44. The van der Waals surface area contributed by atoms with Gasteiger partial charge in [-0.15, -0.1) is 24.8 Å². The molecule has 2 saturated heterocycles. The predicted molar refractivity (Wildman–Crippen MR) is 86.5 cm³/mol. The fraction of sp³-hybridized carbons (Fsp3) is 0.600. The predicted octanol–water partition coefficient (Wildman–Crippen LogP) is 2.35. The van der Waals surface area contributed by atoms with E-state index in [4.69, 9.17) is 5.73 Å². The fourth-order valence-corrected chi connectivity index (χ4v) is 3.80. The van der Waals surface area contributed by atoms with E-state index in [0.717, 1.165) is 25.8 Å². The Bertz CT molecular complexity index is 418. The molecule has 2 aliphatic heterocycles. The Labute approximate surface area is 133 Å². The number of fused-ring (bicyclic) bond motifs is 2. The van der Waals surface area contributed by atoms with E-state index in [2.05, 4.69) is 35.2 Å². The van der Waals surface area contributed by atoms with Gasteiger partial charge in [0.15, 0.2) is 0 Å². The van der Waals surface area contributed by atoms with Crippen molar-refractivity contribution in [3.8, 4) is 0 Å². The summed E-state index contributed by atoms with van der Waals surface area (Å²) in [5.74, 6) is 0. The molecular formula is C15H24Cl2N2O. The van der Waals surface area contributed by atoms with Gasteiger partial charge in [-0.05, 0) is 31.2 Å². The highest BCUT2D eigenvalue weighted by Gasteiger charge is 2.50. The van der Waals surface area contributed by atoms with Gasteiger partial charge in [0.1, 0.15) is 0 Å². The summed E-state index contributed by atoms with van der Waals surface area (Å²) in [6, 6.07) is 11.1. The zero-order valence-corrected chi connectivity index (χ0v) is 13.2. The Morgan fingerprint density at radius 1 is 1.25 bits per heavy atom. The number of hydrogen-bond acceptors (Lipinski definition) is 3. The van der Waals surface area contributed by atoms with Crippen LogP contribution in [-0.2, 0) is 6.54 Å². The standard InChI is InChI=1S/C15H22N2O.2ClH/c16-11-15-7-6-13(8-14(18)9-15)17(15)10-12-4-2-1-3-5-12;;/h1-5,13-14,18H,6-11,16H2;2*1H. The van der Waals surface area contributed by atoms with Gasteiger partial charge in [-0.25, -0.2) is 0 Å². The average molecular weight is 319 g/mol. The molecular weight excluding hydrogens is 295 g/mol. The maximum Gasteiger partial charge on any atom is 0.0573 e. The molecule has 0 spiro atoms. The van der Waals surface area contributed by atoms with Crippen LogP contribution in [0.1, 0.15) is 31.2 Å². The smallest absolute Gasteiger partial charge is 0.0573 e. The number of aliphatic hydroxyl groups excluding tert-OH is 1. The lowest BCUT2D eigenvalue weighted by molar-refractivity contribution is -0.0203. The highest BCUT2D eigenvalue weighted by atomic mass is 35.5. The van der Waals surface area contributed by atoms with Crippen molar-refractivity contribution in [3.05, 3.63) is 35.9 Å². The minimum atomic E-state index is -0.159. The minimum absolute atomic E-state index is 0. The first kappa shape index (κ1) is 17.7. The lowest BCUT2D eigenvalue weighted by Gasteiger charge is -2.46. The summed E-state index contributed by atoms with van der Waals surface area (Å²) in [5, 5.41) is 9.99. The molecule has 0 radical (unpaired) electrons. The van der Waals surface area contributed by atoms with E-state index < -0.39 is 0 Å². The Kier molecular flexibility index (Phi) is 6.29. The second-order valence-electron chi connectivity index (χ2n) is 5.83. The summed E-state index contributed by atoms with van der Waals surface area (Å²) in [5.41, 5.74) is 7.41. The van der Waals surface area contributed by atoms with Gasteiger partial charge in [0.2, 0.25) is 0 Å². The minimum Gasteiger partial charge on any atom is -0.393 e. The van der Waals surface area contributed by atoms with Gasteiger partial charge >= 0.3 is 0 Å². The van der Waals surface area contributed by atoms with Crippen molar-refractivity contribution in [2.24, 2.45) is 5.73 Å². The van der Waals surface area contributed by atoms with Crippen LogP contribution >= 0.6 is 24.8 Å². The Balaban J connectivity index is 0.000001000. The zero-order valence-electron chi connectivity index (χ0n) is 11.6. The largest absolute Gasteiger partial charge is 0.393 e. The number of rotatable bonds is 3. The zero-order chi connectivity index (χ0) is 12.6. The second-order valence-corrected chi connectivity index (χ2v) is 5.83. The molecule has 3 rings (SSSR count). The van der Waals surface area contributed by atoms with E-state index in [-0.39, 0.29) is 36.5 Å². The molecule has 3 nitrogen and oxygen atoms in total. The number of hydrogen-bond donors (Lipinski definition) is 2. The van der Waals surface area contributed by atoms with Crippen molar-refractivity contribution in [2.45, 2.75) is 49.9 Å². The van der Waals surface area contributed by atoms with Crippen molar-refractivity contribution in [3.63, 3.8) is 0 Å². The molecule has 2 aliphatic rings. The summed E-state index contributed by atoms with van der Waals surface area (Å²) in [6.07, 6.45) is 3.91. The van der Waals surface area contributed by atoms with Gasteiger partial charge in [-0.2, -0.15) is 0 Å². The highest BCUT2D eigenvalue weighted by molar-refractivity contribution is 5.85. The summed E-state index contributed by atoms with van der Waals surface area (Å²) in [4.78, 5) is 2.55. The Morgan fingerprint density at radius 3 is 2.60 bits per heavy atom. The molecule has 0 aliphatic carbocycles. The first-order valence-corrected chi connectivity index (χ1v) is 6.92. The lowest BCUT2D eigenvalue weighted by atomic mass is 9.86.